The number of benzene rings is 3. The number of carbonyl (C=O) groups is 1. The molecule has 0 aliphatic heterocycles. The van der Waals surface area contributed by atoms with Crippen molar-refractivity contribution in [2.24, 2.45) is 0 Å². The highest BCUT2D eigenvalue weighted by Crippen LogP contribution is 2.28. The van der Waals surface area contributed by atoms with E-state index in [1.165, 1.54) is 5.56 Å². The lowest BCUT2D eigenvalue weighted by Crippen LogP contribution is -2.23. The van der Waals surface area contributed by atoms with Crippen LogP contribution in [0.25, 0.3) is 11.1 Å². The highest BCUT2D eigenvalue weighted by atomic mass is 16.5. The standard InChI is InChI=1S/C27H31NO5/c1-18(2)33-26-16-21(11-12-24(26)27(30)31)20-9-7-19(8-10-20)13-14-28-17-25(29)22-5-4-6-23(15-22)32-3/h4-12,15-16,18,25,28-29H,13-14,17H2,1-3H3,(H,30,31)/t25-/m0/s1. The highest BCUT2D eigenvalue weighted by molar-refractivity contribution is 5.92. The Labute approximate surface area is 194 Å². The smallest absolute Gasteiger partial charge is 0.339 e. The number of carboxylic acid groups (broad SMARTS) is 1. The van der Waals surface area contributed by atoms with Crippen LogP contribution in [0.3, 0.4) is 0 Å². The number of aliphatic hydroxyl groups is 1. The first kappa shape index (κ1) is 24.3. The van der Waals surface area contributed by atoms with E-state index in [-0.39, 0.29) is 11.7 Å². The maximum Gasteiger partial charge on any atom is 0.339 e. The molecule has 1 atom stereocenters. The maximum absolute atomic E-state index is 11.5. The topological polar surface area (TPSA) is 88.0 Å². The van der Waals surface area contributed by atoms with Gasteiger partial charge in [0.25, 0.3) is 0 Å². The van der Waals surface area contributed by atoms with Crippen molar-refractivity contribution in [2.45, 2.75) is 32.5 Å². The second kappa shape index (κ2) is 11.5. The summed E-state index contributed by atoms with van der Waals surface area (Å²) in [6.45, 7) is 4.94. The number of carboxylic acids is 1. The van der Waals surface area contributed by atoms with E-state index in [0.29, 0.717) is 12.3 Å². The minimum Gasteiger partial charge on any atom is -0.497 e. The monoisotopic (exact) mass is 449 g/mol. The molecule has 0 unspecified atom stereocenters. The molecule has 3 aromatic carbocycles. The highest BCUT2D eigenvalue weighted by Gasteiger charge is 2.14. The van der Waals surface area contributed by atoms with Crippen molar-refractivity contribution in [3.05, 3.63) is 83.4 Å². The van der Waals surface area contributed by atoms with E-state index in [2.05, 4.69) is 17.4 Å². The zero-order chi connectivity index (χ0) is 23.8. The minimum atomic E-state index is -1.00. The average Bonchev–Trinajstić information content (AvgIpc) is 2.81. The molecule has 0 aliphatic rings. The Bertz CT molecular complexity index is 1060. The van der Waals surface area contributed by atoms with Crippen molar-refractivity contribution in [1.82, 2.24) is 5.32 Å². The van der Waals surface area contributed by atoms with Gasteiger partial charge in [0, 0.05) is 6.54 Å². The molecule has 0 saturated heterocycles. The molecule has 3 N–H and O–H groups in total. The molecule has 0 radical (unpaired) electrons. The van der Waals surface area contributed by atoms with Gasteiger partial charge < -0.3 is 25.0 Å². The van der Waals surface area contributed by atoms with E-state index in [9.17, 15) is 15.0 Å². The van der Waals surface area contributed by atoms with Gasteiger partial charge in [0.2, 0.25) is 0 Å². The number of rotatable bonds is 11. The zero-order valence-corrected chi connectivity index (χ0v) is 19.2. The van der Waals surface area contributed by atoms with Crippen LogP contribution in [-0.2, 0) is 6.42 Å². The fourth-order valence-corrected chi connectivity index (χ4v) is 3.53. The SMILES string of the molecule is COc1cccc([C@@H](O)CNCCc2ccc(-c3ccc(C(=O)O)c(OC(C)C)c3)cc2)c1. The Morgan fingerprint density at radius 2 is 1.73 bits per heavy atom. The van der Waals surface area contributed by atoms with E-state index >= 15 is 0 Å². The zero-order valence-electron chi connectivity index (χ0n) is 19.2. The largest absolute Gasteiger partial charge is 0.497 e. The van der Waals surface area contributed by atoms with Crippen LogP contribution in [0.15, 0.2) is 66.7 Å². The van der Waals surface area contributed by atoms with Gasteiger partial charge in [-0.05, 0) is 73.3 Å². The van der Waals surface area contributed by atoms with Crippen molar-refractivity contribution in [3.63, 3.8) is 0 Å². The van der Waals surface area contributed by atoms with E-state index in [0.717, 1.165) is 35.4 Å². The Balaban J connectivity index is 1.56. The molecule has 174 valence electrons. The average molecular weight is 450 g/mol. The fourth-order valence-electron chi connectivity index (χ4n) is 3.53. The van der Waals surface area contributed by atoms with Gasteiger partial charge in [0.1, 0.15) is 17.1 Å². The second-order valence-electron chi connectivity index (χ2n) is 8.13. The Kier molecular flexibility index (Phi) is 8.46. The van der Waals surface area contributed by atoms with Crippen LogP contribution < -0.4 is 14.8 Å². The summed E-state index contributed by atoms with van der Waals surface area (Å²) in [6.07, 6.45) is 0.110. The van der Waals surface area contributed by atoms with E-state index < -0.39 is 12.1 Å². The Hall–Kier alpha value is -3.35. The number of hydrogen-bond acceptors (Lipinski definition) is 5. The van der Waals surface area contributed by atoms with E-state index in [4.69, 9.17) is 9.47 Å². The number of aromatic carboxylic acids is 1. The lowest BCUT2D eigenvalue weighted by atomic mass is 10.0. The molecule has 0 fully saturated rings. The Morgan fingerprint density at radius 1 is 1.00 bits per heavy atom. The van der Waals surface area contributed by atoms with Gasteiger partial charge >= 0.3 is 5.97 Å². The lowest BCUT2D eigenvalue weighted by Gasteiger charge is -2.14. The first-order chi connectivity index (χ1) is 15.9. The van der Waals surface area contributed by atoms with Crippen LogP contribution in [0.5, 0.6) is 11.5 Å². The summed E-state index contributed by atoms with van der Waals surface area (Å²) in [4.78, 5) is 11.5. The van der Waals surface area contributed by atoms with Gasteiger partial charge in [0.15, 0.2) is 0 Å². The molecule has 0 amide bonds. The third-order valence-corrected chi connectivity index (χ3v) is 5.27. The number of aliphatic hydroxyl groups excluding tert-OH is 1. The predicted octanol–water partition coefficient (Wildman–Crippen LogP) is 4.71. The quantitative estimate of drug-likeness (QED) is 0.367. The first-order valence-corrected chi connectivity index (χ1v) is 11.0. The first-order valence-electron chi connectivity index (χ1n) is 11.0. The molecule has 3 aromatic rings. The van der Waals surface area contributed by atoms with Crippen molar-refractivity contribution >= 4 is 5.97 Å². The van der Waals surface area contributed by atoms with Gasteiger partial charge in [-0.1, -0.05) is 42.5 Å². The van der Waals surface area contributed by atoms with Gasteiger partial charge in [0.05, 0.1) is 19.3 Å². The number of ether oxygens (including phenoxy) is 2. The van der Waals surface area contributed by atoms with Gasteiger partial charge in [-0.3, -0.25) is 0 Å². The molecule has 0 heterocycles. The molecule has 0 spiro atoms. The van der Waals surface area contributed by atoms with Crippen LogP contribution >= 0.6 is 0 Å². The summed E-state index contributed by atoms with van der Waals surface area (Å²) in [6, 6.07) is 20.8. The van der Waals surface area contributed by atoms with Crippen molar-refractivity contribution in [1.29, 1.82) is 0 Å². The van der Waals surface area contributed by atoms with E-state index in [1.807, 2.05) is 50.2 Å². The van der Waals surface area contributed by atoms with Crippen LogP contribution in [-0.4, -0.2) is 42.5 Å². The van der Waals surface area contributed by atoms with Crippen molar-refractivity contribution < 1.29 is 24.5 Å². The van der Waals surface area contributed by atoms with Gasteiger partial charge in [-0.15, -0.1) is 0 Å². The number of methoxy groups -OCH3 is 1. The lowest BCUT2D eigenvalue weighted by molar-refractivity contribution is 0.0690. The van der Waals surface area contributed by atoms with E-state index in [1.54, 1.807) is 25.3 Å². The number of nitrogens with one attached hydrogen (secondary N) is 1. The second-order valence-corrected chi connectivity index (χ2v) is 8.13. The maximum atomic E-state index is 11.5. The molecular weight excluding hydrogens is 418 g/mol. The summed E-state index contributed by atoms with van der Waals surface area (Å²) in [5.74, 6) is 0.0987. The molecule has 0 saturated carbocycles. The van der Waals surface area contributed by atoms with Gasteiger partial charge in [-0.2, -0.15) is 0 Å². The molecule has 3 rings (SSSR count). The molecule has 6 nitrogen and oxygen atoms in total. The minimum absolute atomic E-state index is 0.115. The molecule has 6 heteroatoms. The summed E-state index contributed by atoms with van der Waals surface area (Å²) in [5, 5.41) is 23.1. The molecule has 0 aromatic heterocycles. The third kappa shape index (κ3) is 6.81. The van der Waals surface area contributed by atoms with Crippen molar-refractivity contribution in [3.8, 4) is 22.6 Å². The molecule has 0 aliphatic carbocycles. The van der Waals surface area contributed by atoms with Crippen LogP contribution in [0.4, 0.5) is 0 Å². The normalized spacial score (nSPS) is 11.9. The Morgan fingerprint density at radius 3 is 2.39 bits per heavy atom. The number of hydrogen-bond donors (Lipinski definition) is 3. The van der Waals surface area contributed by atoms with Crippen LogP contribution in [0, 0.1) is 0 Å². The van der Waals surface area contributed by atoms with Crippen LogP contribution in [0.1, 0.15) is 41.4 Å². The summed E-state index contributed by atoms with van der Waals surface area (Å²) in [5.41, 5.74) is 4.04. The molecule has 0 bridgehead atoms. The fraction of sp³-hybridized carbons (Fsp3) is 0.296. The third-order valence-electron chi connectivity index (χ3n) is 5.27. The van der Waals surface area contributed by atoms with Crippen molar-refractivity contribution in [2.75, 3.05) is 20.2 Å². The molecule has 33 heavy (non-hydrogen) atoms. The molecular formula is C27H31NO5. The summed E-state index contributed by atoms with van der Waals surface area (Å²) in [7, 11) is 1.61. The predicted molar refractivity (Wildman–Crippen MR) is 129 cm³/mol. The summed E-state index contributed by atoms with van der Waals surface area (Å²) >= 11 is 0. The van der Waals surface area contributed by atoms with Crippen LogP contribution in [0.2, 0.25) is 0 Å². The summed E-state index contributed by atoms with van der Waals surface area (Å²) < 4.78 is 10.9. The van der Waals surface area contributed by atoms with Gasteiger partial charge in [-0.25, -0.2) is 4.79 Å².